The molecule has 2 rings (SSSR count). The van der Waals surface area contributed by atoms with Gasteiger partial charge in [-0.2, -0.15) is 0 Å². The maximum Gasteiger partial charge on any atom is 0.221 e. The fourth-order valence-corrected chi connectivity index (χ4v) is 2.43. The summed E-state index contributed by atoms with van der Waals surface area (Å²) in [7, 11) is 0. The highest BCUT2D eigenvalue weighted by Gasteiger charge is 2.23. The van der Waals surface area contributed by atoms with E-state index in [9.17, 15) is 4.79 Å². The molecule has 0 aromatic heterocycles. The molecular formula is C16H21NO. The van der Waals surface area contributed by atoms with E-state index in [0.29, 0.717) is 12.3 Å². The zero-order valence-electron chi connectivity index (χ0n) is 11.1. The van der Waals surface area contributed by atoms with Gasteiger partial charge in [-0.05, 0) is 38.2 Å². The number of hydrogen-bond donors (Lipinski definition) is 1. The predicted molar refractivity (Wildman–Crippen MR) is 74.1 cm³/mol. The van der Waals surface area contributed by atoms with Gasteiger partial charge in [0.2, 0.25) is 5.91 Å². The second-order valence-electron chi connectivity index (χ2n) is 5.51. The van der Waals surface area contributed by atoms with Crippen LogP contribution >= 0.6 is 0 Å². The van der Waals surface area contributed by atoms with Crippen LogP contribution in [0.25, 0.3) is 0 Å². The molecule has 96 valence electrons. The van der Waals surface area contributed by atoms with Gasteiger partial charge in [-0.25, -0.2) is 0 Å². The van der Waals surface area contributed by atoms with Crippen LogP contribution < -0.4 is 5.32 Å². The molecule has 1 aliphatic rings. The van der Waals surface area contributed by atoms with Crippen LogP contribution in [0.15, 0.2) is 42.5 Å². The molecular weight excluding hydrogens is 222 g/mol. The van der Waals surface area contributed by atoms with Gasteiger partial charge in [0.15, 0.2) is 0 Å². The molecule has 1 amide bonds. The topological polar surface area (TPSA) is 29.1 Å². The second kappa shape index (κ2) is 5.38. The minimum atomic E-state index is -0.305. The van der Waals surface area contributed by atoms with Gasteiger partial charge in [0.05, 0.1) is 5.54 Å². The summed E-state index contributed by atoms with van der Waals surface area (Å²) in [5.41, 5.74) is 0.834. The second-order valence-corrected chi connectivity index (χ2v) is 5.51. The van der Waals surface area contributed by atoms with Gasteiger partial charge in [-0.15, -0.1) is 0 Å². The lowest BCUT2D eigenvalue weighted by atomic mass is 9.93. The van der Waals surface area contributed by atoms with E-state index in [2.05, 4.69) is 29.6 Å². The Kier molecular flexibility index (Phi) is 3.85. The molecule has 1 aliphatic carbocycles. The van der Waals surface area contributed by atoms with E-state index in [1.165, 1.54) is 0 Å². The van der Waals surface area contributed by atoms with E-state index in [1.54, 1.807) is 0 Å². The molecule has 0 heterocycles. The maximum absolute atomic E-state index is 12.0. The van der Waals surface area contributed by atoms with Crippen LogP contribution in [0.3, 0.4) is 0 Å². The first-order valence-corrected chi connectivity index (χ1v) is 6.61. The molecule has 1 aromatic rings. The molecule has 0 saturated carbocycles. The van der Waals surface area contributed by atoms with E-state index in [-0.39, 0.29) is 11.4 Å². The largest absolute Gasteiger partial charge is 0.347 e. The maximum atomic E-state index is 12.0. The van der Waals surface area contributed by atoms with Crippen molar-refractivity contribution >= 4 is 5.91 Å². The van der Waals surface area contributed by atoms with Crippen molar-refractivity contribution in [3.63, 3.8) is 0 Å². The highest BCUT2D eigenvalue weighted by Crippen LogP contribution is 2.23. The number of benzene rings is 1. The van der Waals surface area contributed by atoms with Crippen LogP contribution in [0.4, 0.5) is 0 Å². The van der Waals surface area contributed by atoms with E-state index in [4.69, 9.17) is 0 Å². The molecule has 2 nitrogen and oxygen atoms in total. The zero-order valence-corrected chi connectivity index (χ0v) is 11.1. The SMILES string of the molecule is CC(C)(NC(=O)CC1C=CCC1)c1ccccc1. The number of hydrogen-bond acceptors (Lipinski definition) is 1. The monoisotopic (exact) mass is 243 g/mol. The number of allylic oxidation sites excluding steroid dienone is 2. The molecule has 0 fully saturated rings. The van der Waals surface area contributed by atoms with Crippen molar-refractivity contribution in [3.05, 3.63) is 48.0 Å². The third-order valence-electron chi connectivity index (χ3n) is 3.51. The van der Waals surface area contributed by atoms with Gasteiger partial charge in [0.25, 0.3) is 0 Å². The predicted octanol–water partition coefficient (Wildman–Crippen LogP) is 3.39. The van der Waals surface area contributed by atoms with E-state index in [0.717, 1.165) is 18.4 Å². The van der Waals surface area contributed by atoms with Gasteiger partial charge in [-0.3, -0.25) is 4.79 Å². The third-order valence-corrected chi connectivity index (χ3v) is 3.51. The van der Waals surface area contributed by atoms with E-state index < -0.39 is 0 Å². The molecule has 0 spiro atoms. The van der Waals surface area contributed by atoms with Crippen molar-refractivity contribution in [1.29, 1.82) is 0 Å². The third kappa shape index (κ3) is 3.22. The molecule has 1 unspecified atom stereocenters. The molecule has 0 bridgehead atoms. The van der Waals surface area contributed by atoms with Crippen LogP contribution in [-0.2, 0) is 10.3 Å². The van der Waals surface area contributed by atoms with Crippen molar-refractivity contribution in [2.75, 3.05) is 0 Å². The Morgan fingerprint density at radius 2 is 2.06 bits per heavy atom. The summed E-state index contributed by atoms with van der Waals surface area (Å²) in [6, 6.07) is 10.1. The highest BCUT2D eigenvalue weighted by molar-refractivity contribution is 5.77. The normalized spacial score (nSPS) is 18.9. The molecule has 0 radical (unpaired) electrons. The van der Waals surface area contributed by atoms with Crippen molar-refractivity contribution in [2.45, 2.75) is 38.6 Å². The lowest BCUT2D eigenvalue weighted by Crippen LogP contribution is -2.41. The highest BCUT2D eigenvalue weighted by atomic mass is 16.1. The summed E-state index contributed by atoms with van der Waals surface area (Å²) in [6.07, 6.45) is 7.15. The Morgan fingerprint density at radius 1 is 1.33 bits per heavy atom. The molecule has 2 heteroatoms. The van der Waals surface area contributed by atoms with Gasteiger partial charge in [-0.1, -0.05) is 42.5 Å². The number of rotatable bonds is 4. The van der Waals surface area contributed by atoms with Crippen LogP contribution in [0.2, 0.25) is 0 Å². The van der Waals surface area contributed by atoms with Crippen LogP contribution in [0.1, 0.15) is 38.7 Å². The average Bonchev–Trinajstić information content (AvgIpc) is 2.82. The lowest BCUT2D eigenvalue weighted by Gasteiger charge is -2.27. The van der Waals surface area contributed by atoms with Crippen LogP contribution in [-0.4, -0.2) is 5.91 Å². The van der Waals surface area contributed by atoms with E-state index >= 15 is 0 Å². The van der Waals surface area contributed by atoms with Crippen molar-refractivity contribution in [1.82, 2.24) is 5.32 Å². The van der Waals surface area contributed by atoms with Crippen LogP contribution in [0.5, 0.6) is 0 Å². The summed E-state index contributed by atoms with van der Waals surface area (Å²) >= 11 is 0. The van der Waals surface area contributed by atoms with Crippen LogP contribution in [0, 0.1) is 5.92 Å². The average molecular weight is 243 g/mol. The summed E-state index contributed by atoms with van der Waals surface area (Å²) in [5, 5.41) is 3.13. The Labute approximate surface area is 109 Å². The summed E-state index contributed by atoms with van der Waals surface area (Å²) in [5.74, 6) is 0.567. The Hall–Kier alpha value is -1.57. The van der Waals surface area contributed by atoms with Gasteiger partial charge in [0, 0.05) is 6.42 Å². The van der Waals surface area contributed by atoms with Crippen molar-refractivity contribution in [2.24, 2.45) is 5.92 Å². The number of carbonyl (C=O) groups is 1. The minimum Gasteiger partial charge on any atom is -0.347 e. The Balaban J connectivity index is 1.95. The minimum absolute atomic E-state index is 0.139. The van der Waals surface area contributed by atoms with Crippen molar-refractivity contribution < 1.29 is 4.79 Å². The van der Waals surface area contributed by atoms with Gasteiger partial charge < -0.3 is 5.32 Å². The molecule has 0 aliphatic heterocycles. The Bertz CT molecular complexity index is 434. The fraction of sp³-hybridized carbons (Fsp3) is 0.438. The molecule has 18 heavy (non-hydrogen) atoms. The first-order chi connectivity index (χ1) is 8.58. The van der Waals surface area contributed by atoms with Gasteiger partial charge >= 0.3 is 0 Å². The first-order valence-electron chi connectivity index (χ1n) is 6.61. The Morgan fingerprint density at radius 3 is 2.67 bits per heavy atom. The first kappa shape index (κ1) is 12.9. The summed E-state index contributed by atoms with van der Waals surface area (Å²) < 4.78 is 0. The molecule has 1 aromatic carbocycles. The number of amides is 1. The number of nitrogens with one attached hydrogen (secondary N) is 1. The number of carbonyl (C=O) groups excluding carboxylic acids is 1. The smallest absolute Gasteiger partial charge is 0.221 e. The molecule has 0 saturated heterocycles. The van der Waals surface area contributed by atoms with E-state index in [1.807, 2.05) is 32.0 Å². The lowest BCUT2D eigenvalue weighted by molar-refractivity contribution is -0.123. The molecule has 1 N–H and O–H groups in total. The van der Waals surface area contributed by atoms with Gasteiger partial charge in [0.1, 0.15) is 0 Å². The fourth-order valence-electron chi connectivity index (χ4n) is 2.43. The standard InChI is InChI=1S/C16H21NO/c1-16(2,14-10-4-3-5-11-14)17-15(18)12-13-8-6-7-9-13/h3-6,8,10-11,13H,7,9,12H2,1-2H3,(H,17,18). The zero-order chi connectivity index (χ0) is 13.0. The quantitative estimate of drug-likeness (QED) is 0.807. The molecule has 1 atom stereocenters. The summed E-state index contributed by atoms with van der Waals surface area (Å²) in [4.78, 5) is 12.0. The van der Waals surface area contributed by atoms with Crippen molar-refractivity contribution in [3.8, 4) is 0 Å². The summed E-state index contributed by atoms with van der Waals surface area (Å²) in [6.45, 7) is 4.09.